The van der Waals surface area contributed by atoms with Crippen molar-refractivity contribution >= 4 is 11.4 Å². The lowest BCUT2D eigenvalue weighted by Gasteiger charge is -1.89. The molecule has 4 nitrogen and oxygen atoms in total. The van der Waals surface area contributed by atoms with Crippen LogP contribution in [0.15, 0.2) is 30.3 Å². The molecule has 1 unspecified atom stereocenters. The van der Waals surface area contributed by atoms with E-state index < -0.39 is 11.4 Å². The third-order valence-electron chi connectivity index (χ3n) is 1.03. The van der Waals surface area contributed by atoms with Gasteiger partial charge in [0.1, 0.15) is 0 Å². The van der Waals surface area contributed by atoms with Crippen molar-refractivity contribution in [2.45, 2.75) is 6.61 Å². The molecule has 5 heteroatoms. The Hall–Kier alpha value is -0.750. The van der Waals surface area contributed by atoms with Crippen LogP contribution in [-0.4, -0.2) is 18.4 Å². The van der Waals surface area contributed by atoms with Crippen molar-refractivity contribution in [3.8, 4) is 0 Å². The van der Waals surface area contributed by atoms with Gasteiger partial charge >= 0.3 is 0 Å². The molecule has 0 spiro atoms. The van der Waals surface area contributed by atoms with Crippen molar-refractivity contribution in [3.63, 3.8) is 0 Å². The van der Waals surface area contributed by atoms with Crippen molar-refractivity contribution in [1.29, 1.82) is 0 Å². The van der Waals surface area contributed by atoms with Gasteiger partial charge in [0.15, 0.2) is 0 Å². The molecule has 2 N–H and O–H groups in total. The van der Waals surface area contributed by atoms with Crippen LogP contribution >= 0.6 is 0 Å². The number of aliphatic hydroxyl groups excluding tert-OH is 1. The van der Waals surface area contributed by atoms with E-state index in [-0.39, 0.29) is 6.61 Å². The normalized spacial score (nSPS) is 11.2. The van der Waals surface area contributed by atoms with Crippen LogP contribution in [0.3, 0.4) is 0 Å². The first kappa shape index (κ1) is 11.2. The molecule has 1 aromatic rings. The summed E-state index contributed by atoms with van der Waals surface area (Å²) in [4.78, 5) is 0. The van der Waals surface area contributed by atoms with Crippen LogP contribution in [0.4, 0.5) is 0 Å². The molecule has 0 saturated heterocycles. The fourth-order valence-corrected chi connectivity index (χ4v) is 0.583. The molecule has 0 saturated carbocycles. The van der Waals surface area contributed by atoms with Gasteiger partial charge in [0, 0.05) is 0 Å². The van der Waals surface area contributed by atoms with E-state index in [0.717, 1.165) is 5.56 Å². The fraction of sp³-hybridized carbons (Fsp3) is 0.143. The molecule has 0 aliphatic carbocycles. The summed E-state index contributed by atoms with van der Waals surface area (Å²) in [5.74, 6) is 0. The average molecular weight is 189 g/mol. The van der Waals surface area contributed by atoms with Crippen molar-refractivity contribution in [2.75, 3.05) is 0 Å². The Kier molecular flexibility index (Phi) is 6.50. The van der Waals surface area contributed by atoms with Gasteiger partial charge in [-0.3, -0.25) is 0 Å². The van der Waals surface area contributed by atoms with Crippen LogP contribution in [0.1, 0.15) is 5.56 Å². The molecule has 1 rings (SSSR count). The molecule has 1 aromatic carbocycles. The maximum absolute atomic E-state index is 8.56. The minimum Gasteiger partial charge on any atom is -0.750 e. The van der Waals surface area contributed by atoms with Gasteiger partial charge in [0.05, 0.1) is 18.0 Å². The van der Waals surface area contributed by atoms with E-state index >= 15 is 0 Å². The summed E-state index contributed by atoms with van der Waals surface area (Å²) in [5.41, 5.74) is 0.965. The number of hydrogen-bond donors (Lipinski definition) is 2. The smallest absolute Gasteiger partial charge is 0.0814 e. The van der Waals surface area contributed by atoms with E-state index in [2.05, 4.69) is 0 Å². The average Bonchev–Trinajstić information content (AvgIpc) is 2.05. The predicted molar refractivity (Wildman–Crippen MR) is 43.9 cm³/mol. The molecular formula is C7H9O4S-. The fourth-order valence-electron chi connectivity index (χ4n) is 0.583. The van der Waals surface area contributed by atoms with Crippen LogP contribution in [0.2, 0.25) is 0 Å². The van der Waals surface area contributed by atoms with E-state index in [1.165, 1.54) is 0 Å². The minimum absolute atomic E-state index is 0.140. The lowest BCUT2D eigenvalue weighted by molar-refractivity contribution is 0.282. The van der Waals surface area contributed by atoms with Gasteiger partial charge in [-0.05, 0) is 5.56 Å². The van der Waals surface area contributed by atoms with Gasteiger partial charge in [-0.1, -0.05) is 30.3 Å². The summed E-state index contributed by atoms with van der Waals surface area (Å²) < 4.78 is 24.1. The molecule has 0 heterocycles. The van der Waals surface area contributed by atoms with Crippen LogP contribution in [-0.2, 0) is 18.0 Å². The number of aliphatic hydroxyl groups is 1. The van der Waals surface area contributed by atoms with Crippen molar-refractivity contribution < 1.29 is 18.4 Å². The minimum atomic E-state index is -2.86. The molecule has 0 fully saturated rings. The number of rotatable bonds is 1. The van der Waals surface area contributed by atoms with Gasteiger partial charge in [0.2, 0.25) is 0 Å². The summed E-state index contributed by atoms with van der Waals surface area (Å²) in [6.07, 6.45) is 0. The van der Waals surface area contributed by atoms with E-state index in [0.29, 0.717) is 0 Å². The molecule has 0 aliphatic heterocycles. The molecule has 0 amide bonds. The summed E-state index contributed by atoms with van der Waals surface area (Å²) in [6.45, 7) is 0.140. The molecule has 0 aliphatic rings. The van der Waals surface area contributed by atoms with E-state index in [4.69, 9.17) is 18.4 Å². The SMILES string of the molecule is O=S([O-])O.OCc1ccccc1. The van der Waals surface area contributed by atoms with Crippen molar-refractivity contribution in [2.24, 2.45) is 0 Å². The van der Waals surface area contributed by atoms with Gasteiger partial charge < -0.3 is 14.2 Å². The summed E-state index contributed by atoms with van der Waals surface area (Å²) in [5, 5.41) is 8.54. The lowest BCUT2D eigenvalue weighted by Crippen LogP contribution is -1.77. The first-order valence-corrected chi connectivity index (χ1v) is 4.13. The highest BCUT2D eigenvalue weighted by Crippen LogP contribution is 1.95. The Morgan fingerprint density at radius 3 is 2.00 bits per heavy atom. The zero-order valence-corrected chi connectivity index (χ0v) is 7.03. The maximum Gasteiger partial charge on any atom is 0.0814 e. The Morgan fingerprint density at radius 2 is 1.75 bits per heavy atom. The second-order valence-corrected chi connectivity index (χ2v) is 2.30. The molecule has 0 radical (unpaired) electrons. The monoisotopic (exact) mass is 189 g/mol. The third-order valence-corrected chi connectivity index (χ3v) is 1.03. The molecule has 0 aromatic heterocycles. The highest BCUT2D eigenvalue weighted by Gasteiger charge is 1.81. The lowest BCUT2D eigenvalue weighted by atomic mass is 10.2. The van der Waals surface area contributed by atoms with Crippen LogP contribution in [0.25, 0.3) is 0 Å². The van der Waals surface area contributed by atoms with Crippen LogP contribution in [0, 0.1) is 0 Å². The number of hydrogen-bond acceptors (Lipinski definition) is 3. The standard InChI is InChI=1S/C7H8O.H2O3S/c8-6-7-4-2-1-3-5-7;1-4(2)3/h1-5,8H,6H2;(H2,1,2,3)/p-1. The van der Waals surface area contributed by atoms with Crippen LogP contribution in [0.5, 0.6) is 0 Å². The quantitative estimate of drug-likeness (QED) is 0.631. The maximum atomic E-state index is 8.56. The summed E-state index contributed by atoms with van der Waals surface area (Å²) >= 11 is -2.86. The zero-order valence-electron chi connectivity index (χ0n) is 6.21. The third kappa shape index (κ3) is 7.36. The Morgan fingerprint density at radius 1 is 1.33 bits per heavy atom. The first-order chi connectivity index (χ1) is 5.66. The van der Waals surface area contributed by atoms with Crippen LogP contribution < -0.4 is 0 Å². The van der Waals surface area contributed by atoms with Gasteiger partial charge in [-0.25, -0.2) is 4.21 Å². The van der Waals surface area contributed by atoms with Crippen molar-refractivity contribution in [3.05, 3.63) is 35.9 Å². The van der Waals surface area contributed by atoms with E-state index in [1.807, 2.05) is 30.3 Å². The highest BCUT2D eigenvalue weighted by atomic mass is 32.2. The summed E-state index contributed by atoms with van der Waals surface area (Å²) in [7, 11) is 0. The Balaban J connectivity index is 0.000000261. The topological polar surface area (TPSA) is 80.6 Å². The highest BCUT2D eigenvalue weighted by molar-refractivity contribution is 7.73. The summed E-state index contributed by atoms with van der Waals surface area (Å²) in [6, 6.07) is 9.52. The second-order valence-electron chi connectivity index (χ2n) is 1.86. The van der Waals surface area contributed by atoms with Gasteiger partial charge in [-0.2, -0.15) is 0 Å². The second kappa shape index (κ2) is 6.93. The molecule has 68 valence electrons. The molecule has 12 heavy (non-hydrogen) atoms. The van der Waals surface area contributed by atoms with Gasteiger partial charge in [-0.15, -0.1) is 0 Å². The van der Waals surface area contributed by atoms with E-state index in [9.17, 15) is 0 Å². The molecule has 1 atom stereocenters. The zero-order chi connectivity index (χ0) is 9.40. The Labute approximate surface area is 73.0 Å². The largest absolute Gasteiger partial charge is 0.750 e. The predicted octanol–water partition coefficient (Wildman–Crippen LogP) is 0.517. The molecule has 0 bridgehead atoms. The number of benzene rings is 1. The van der Waals surface area contributed by atoms with E-state index in [1.54, 1.807) is 0 Å². The molecular weight excluding hydrogens is 180 g/mol. The van der Waals surface area contributed by atoms with Gasteiger partial charge in [0.25, 0.3) is 0 Å². The van der Waals surface area contributed by atoms with Crippen molar-refractivity contribution in [1.82, 2.24) is 0 Å². The first-order valence-electron chi connectivity index (χ1n) is 3.10. The Bertz CT molecular complexity index is 220.